The average Bonchev–Trinajstić information content (AvgIpc) is 3.32. The molecule has 2 aliphatic rings. The summed E-state index contributed by atoms with van der Waals surface area (Å²) < 4.78 is 19.4. The molecule has 0 atom stereocenters. The molecule has 2 aliphatic carbocycles. The Labute approximate surface area is 188 Å². The number of benzene rings is 3. The predicted octanol–water partition coefficient (Wildman–Crippen LogP) is 6.92. The molecule has 3 aromatic rings. The van der Waals surface area contributed by atoms with E-state index in [4.69, 9.17) is 4.74 Å². The molecule has 0 saturated heterocycles. The van der Waals surface area contributed by atoms with Gasteiger partial charge in [0.1, 0.15) is 5.82 Å². The number of rotatable bonds is 4. The lowest BCUT2D eigenvalue weighted by Crippen LogP contribution is -2.27. The van der Waals surface area contributed by atoms with E-state index < -0.39 is 5.41 Å². The van der Waals surface area contributed by atoms with Gasteiger partial charge < -0.3 is 4.74 Å². The summed E-state index contributed by atoms with van der Waals surface area (Å²) in [7, 11) is 0. The van der Waals surface area contributed by atoms with Gasteiger partial charge in [-0.15, -0.1) is 0 Å². The molecule has 0 fully saturated rings. The Morgan fingerprint density at radius 1 is 0.969 bits per heavy atom. The number of fused-ring (bicyclic) bond motifs is 4. The molecule has 0 unspecified atom stereocenters. The number of allylic oxidation sites excluding steroid dienone is 2. The third-order valence-electron chi connectivity index (χ3n) is 6.48. The summed E-state index contributed by atoms with van der Waals surface area (Å²) in [5.74, 6) is -0.621. The van der Waals surface area contributed by atoms with Gasteiger partial charge in [0.15, 0.2) is 0 Å². The number of carbonyl (C=O) groups excluding carboxylic acids is 1. The summed E-state index contributed by atoms with van der Waals surface area (Å²) in [5.41, 5.74) is 8.92. The van der Waals surface area contributed by atoms with Crippen molar-refractivity contribution < 1.29 is 13.9 Å². The molecular weight excluding hydrogens is 399 g/mol. The second-order valence-electron chi connectivity index (χ2n) is 8.94. The van der Waals surface area contributed by atoms with Gasteiger partial charge in [-0.25, -0.2) is 4.39 Å². The molecule has 0 saturated carbocycles. The zero-order valence-electron chi connectivity index (χ0n) is 18.5. The Morgan fingerprint density at radius 2 is 1.72 bits per heavy atom. The minimum Gasteiger partial charge on any atom is -0.465 e. The van der Waals surface area contributed by atoms with Crippen molar-refractivity contribution in [1.82, 2.24) is 0 Å². The minimum absolute atomic E-state index is 0.307. The average molecular weight is 425 g/mol. The van der Waals surface area contributed by atoms with Crippen LogP contribution >= 0.6 is 0 Å². The van der Waals surface area contributed by atoms with Crippen LogP contribution in [0.3, 0.4) is 0 Å². The Bertz CT molecular complexity index is 1310. The van der Waals surface area contributed by atoms with Crippen molar-refractivity contribution in [2.45, 2.75) is 27.2 Å². The molecule has 0 N–H and O–H groups in total. The van der Waals surface area contributed by atoms with Crippen LogP contribution in [0.5, 0.6) is 0 Å². The van der Waals surface area contributed by atoms with Crippen molar-refractivity contribution in [2.24, 2.45) is 5.41 Å². The maximum atomic E-state index is 14.1. The van der Waals surface area contributed by atoms with Crippen LogP contribution in [0, 0.1) is 11.2 Å². The van der Waals surface area contributed by atoms with E-state index in [1.807, 2.05) is 19.9 Å². The summed E-state index contributed by atoms with van der Waals surface area (Å²) in [6.45, 7) is 5.77. The first-order valence-electron chi connectivity index (χ1n) is 11.0. The number of esters is 1. The SMILES string of the molecule is CCOC(=O)C(C)(C)C1=C/C(=C\c2ccc3c(c2)Cc2ccccc2-3)c2ccc(F)cc21. The maximum Gasteiger partial charge on any atom is 0.315 e. The molecule has 0 aliphatic heterocycles. The van der Waals surface area contributed by atoms with Crippen molar-refractivity contribution in [3.05, 3.63) is 100 Å². The van der Waals surface area contributed by atoms with Crippen LogP contribution in [0.15, 0.2) is 66.7 Å². The molecule has 0 heterocycles. The van der Waals surface area contributed by atoms with E-state index in [2.05, 4.69) is 48.5 Å². The van der Waals surface area contributed by atoms with Gasteiger partial charge in [-0.05, 0) is 102 Å². The molecule has 32 heavy (non-hydrogen) atoms. The zero-order valence-corrected chi connectivity index (χ0v) is 18.5. The summed E-state index contributed by atoms with van der Waals surface area (Å²) in [4.78, 5) is 12.7. The second-order valence-corrected chi connectivity index (χ2v) is 8.94. The molecule has 0 amide bonds. The van der Waals surface area contributed by atoms with Crippen LogP contribution in [0.25, 0.3) is 28.3 Å². The smallest absolute Gasteiger partial charge is 0.315 e. The summed E-state index contributed by atoms with van der Waals surface area (Å²) in [6, 6.07) is 19.8. The van der Waals surface area contributed by atoms with Crippen molar-refractivity contribution >= 4 is 23.2 Å². The first-order chi connectivity index (χ1) is 15.4. The highest BCUT2D eigenvalue weighted by Gasteiger charge is 2.38. The molecule has 2 nitrogen and oxygen atoms in total. The molecule has 0 spiro atoms. The van der Waals surface area contributed by atoms with Gasteiger partial charge in [-0.2, -0.15) is 0 Å². The molecular formula is C29H25FO2. The minimum atomic E-state index is -0.881. The first kappa shape index (κ1) is 20.4. The van der Waals surface area contributed by atoms with E-state index in [0.717, 1.165) is 34.3 Å². The lowest BCUT2D eigenvalue weighted by Gasteiger charge is -2.24. The van der Waals surface area contributed by atoms with Gasteiger partial charge in [-0.1, -0.05) is 48.5 Å². The van der Waals surface area contributed by atoms with Gasteiger partial charge in [0.05, 0.1) is 12.0 Å². The Kier molecular flexibility index (Phi) is 4.85. The van der Waals surface area contributed by atoms with Crippen molar-refractivity contribution in [3.63, 3.8) is 0 Å². The Morgan fingerprint density at radius 3 is 2.53 bits per heavy atom. The monoisotopic (exact) mass is 424 g/mol. The molecule has 0 radical (unpaired) electrons. The first-order valence-corrected chi connectivity index (χ1v) is 11.0. The molecule has 5 rings (SSSR count). The zero-order chi connectivity index (χ0) is 22.5. The number of hydrogen-bond donors (Lipinski definition) is 0. The molecule has 160 valence electrons. The van der Waals surface area contributed by atoms with Gasteiger partial charge in [0, 0.05) is 0 Å². The third kappa shape index (κ3) is 3.29. The second kappa shape index (κ2) is 7.59. The Balaban J connectivity index is 1.57. The number of carbonyl (C=O) groups is 1. The fourth-order valence-corrected chi connectivity index (χ4v) is 4.79. The van der Waals surface area contributed by atoms with E-state index >= 15 is 0 Å². The van der Waals surface area contributed by atoms with Crippen LogP contribution in [0.2, 0.25) is 0 Å². The normalized spacial score (nSPS) is 15.2. The highest BCUT2D eigenvalue weighted by atomic mass is 19.1. The van der Waals surface area contributed by atoms with Crippen LogP contribution in [-0.4, -0.2) is 12.6 Å². The van der Waals surface area contributed by atoms with E-state index in [1.165, 1.54) is 34.4 Å². The highest BCUT2D eigenvalue weighted by Crippen LogP contribution is 2.46. The molecule has 0 bridgehead atoms. The fraction of sp³-hybridized carbons (Fsp3) is 0.207. The van der Waals surface area contributed by atoms with Gasteiger partial charge in [0.25, 0.3) is 0 Å². The summed E-state index contributed by atoms with van der Waals surface area (Å²) >= 11 is 0. The quantitative estimate of drug-likeness (QED) is 0.332. The van der Waals surface area contributed by atoms with Crippen LogP contribution < -0.4 is 0 Å². The lowest BCUT2D eigenvalue weighted by atomic mass is 9.81. The van der Waals surface area contributed by atoms with Crippen LogP contribution in [0.1, 0.15) is 48.6 Å². The summed E-state index contributed by atoms with van der Waals surface area (Å²) in [5, 5.41) is 0. The standard InChI is InChI=1S/C29H25FO2/c1-4-32-28(31)29(2,3)27-16-21(25-12-10-22(30)17-26(25)27)14-18-9-11-24-20(13-18)15-19-7-5-6-8-23(19)24/h5-14,16-17H,4,15H2,1-3H3/b21-14+. The predicted molar refractivity (Wildman–Crippen MR) is 127 cm³/mol. The van der Waals surface area contributed by atoms with E-state index in [0.29, 0.717) is 6.61 Å². The maximum absolute atomic E-state index is 14.1. The van der Waals surface area contributed by atoms with Gasteiger partial charge in [-0.3, -0.25) is 4.79 Å². The van der Waals surface area contributed by atoms with Crippen molar-refractivity contribution in [3.8, 4) is 11.1 Å². The summed E-state index contributed by atoms with van der Waals surface area (Å²) in [6.07, 6.45) is 5.05. The van der Waals surface area contributed by atoms with E-state index in [-0.39, 0.29) is 11.8 Å². The fourth-order valence-electron chi connectivity index (χ4n) is 4.79. The number of halogens is 1. The largest absolute Gasteiger partial charge is 0.465 e. The molecule has 3 aromatic carbocycles. The number of ether oxygens (including phenoxy) is 1. The lowest BCUT2D eigenvalue weighted by molar-refractivity contribution is -0.150. The van der Waals surface area contributed by atoms with E-state index in [1.54, 1.807) is 13.0 Å². The molecule has 0 aromatic heterocycles. The molecule has 3 heteroatoms. The van der Waals surface area contributed by atoms with Gasteiger partial charge in [0.2, 0.25) is 0 Å². The van der Waals surface area contributed by atoms with Crippen LogP contribution in [0.4, 0.5) is 4.39 Å². The third-order valence-corrected chi connectivity index (χ3v) is 6.48. The van der Waals surface area contributed by atoms with E-state index in [9.17, 15) is 9.18 Å². The topological polar surface area (TPSA) is 26.3 Å². The van der Waals surface area contributed by atoms with Crippen molar-refractivity contribution in [1.29, 1.82) is 0 Å². The van der Waals surface area contributed by atoms with Crippen LogP contribution in [-0.2, 0) is 16.0 Å². The van der Waals surface area contributed by atoms with Gasteiger partial charge >= 0.3 is 5.97 Å². The highest BCUT2D eigenvalue weighted by molar-refractivity contribution is 6.07. The number of hydrogen-bond acceptors (Lipinski definition) is 2. The van der Waals surface area contributed by atoms with Crippen molar-refractivity contribution in [2.75, 3.05) is 6.61 Å². The Hall–Kier alpha value is -3.46.